The Balaban J connectivity index is 2.40. The molecule has 1 aliphatic rings. The first kappa shape index (κ1) is 5.48. The van der Waals surface area contributed by atoms with Crippen LogP contribution in [0.1, 0.15) is 19.3 Å². The summed E-state index contributed by atoms with van der Waals surface area (Å²) in [5.41, 5.74) is 1.46. The van der Waals surface area contributed by atoms with Crippen molar-refractivity contribution < 1.29 is 0 Å². The summed E-state index contributed by atoms with van der Waals surface area (Å²) in [6.07, 6.45) is 4.10. The van der Waals surface area contributed by atoms with Gasteiger partial charge in [-0.15, -0.1) is 0 Å². The maximum absolute atomic E-state index is 7.15. The number of hydrogen-bond acceptors (Lipinski definition) is 2. The number of nitrogens with one attached hydrogen (secondary N) is 2. The Morgan fingerprint density at radius 1 is 1.25 bits per heavy atom. The van der Waals surface area contributed by atoms with Gasteiger partial charge < -0.3 is 10.8 Å². The smallest absolute Gasteiger partial charge is 0.0134 e. The van der Waals surface area contributed by atoms with Gasteiger partial charge in [0.25, 0.3) is 0 Å². The van der Waals surface area contributed by atoms with E-state index in [2.05, 4.69) is 0 Å². The molecule has 8 heavy (non-hydrogen) atoms. The highest BCUT2D eigenvalue weighted by atomic mass is 14.5. The zero-order valence-electron chi connectivity index (χ0n) is 4.70. The second-order valence-electron chi connectivity index (χ2n) is 2.04. The zero-order chi connectivity index (χ0) is 5.98. The van der Waals surface area contributed by atoms with Crippen molar-refractivity contribution in [2.24, 2.45) is 0 Å². The Morgan fingerprint density at radius 2 is 2.00 bits per heavy atom. The maximum Gasteiger partial charge on any atom is 0.0134 e. The predicted molar refractivity (Wildman–Crippen MR) is 33.6 cm³/mol. The average Bonchev–Trinajstić information content (AvgIpc) is 1.77. The van der Waals surface area contributed by atoms with Gasteiger partial charge in [0, 0.05) is 17.8 Å². The van der Waals surface area contributed by atoms with Crippen molar-refractivity contribution in [1.82, 2.24) is 0 Å². The van der Waals surface area contributed by atoms with Gasteiger partial charge in [0.15, 0.2) is 0 Å². The van der Waals surface area contributed by atoms with E-state index in [0.717, 1.165) is 18.6 Å². The van der Waals surface area contributed by atoms with Crippen molar-refractivity contribution in [3.05, 3.63) is 6.42 Å². The lowest BCUT2D eigenvalue weighted by Gasteiger charge is -2.10. The molecule has 0 spiro atoms. The van der Waals surface area contributed by atoms with Crippen molar-refractivity contribution in [3.8, 4) is 0 Å². The van der Waals surface area contributed by atoms with Crippen LogP contribution in [0.5, 0.6) is 0 Å². The standard InChI is InChI=1S/C6H9N2/c7-5-1-2-6(8)4-3-5/h1,7-8H,2-4H2. The van der Waals surface area contributed by atoms with E-state index in [-0.39, 0.29) is 0 Å². The van der Waals surface area contributed by atoms with Crippen LogP contribution in [0.25, 0.3) is 0 Å². The summed E-state index contributed by atoms with van der Waals surface area (Å²) < 4.78 is 0. The topological polar surface area (TPSA) is 47.7 Å². The molecule has 0 aromatic carbocycles. The van der Waals surface area contributed by atoms with Gasteiger partial charge in [0.1, 0.15) is 0 Å². The first-order chi connectivity index (χ1) is 3.79. The van der Waals surface area contributed by atoms with Gasteiger partial charge in [-0.1, -0.05) is 0 Å². The van der Waals surface area contributed by atoms with Crippen LogP contribution in [0.3, 0.4) is 0 Å². The molecule has 1 fully saturated rings. The quantitative estimate of drug-likeness (QED) is 0.472. The summed E-state index contributed by atoms with van der Waals surface area (Å²) in [7, 11) is 0. The summed E-state index contributed by atoms with van der Waals surface area (Å²) in [6, 6.07) is 0. The molecule has 0 aromatic heterocycles. The van der Waals surface area contributed by atoms with Crippen LogP contribution in [-0.4, -0.2) is 11.4 Å². The molecule has 0 aliphatic heterocycles. The molecule has 0 amide bonds. The van der Waals surface area contributed by atoms with E-state index in [4.69, 9.17) is 10.8 Å². The van der Waals surface area contributed by atoms with E-state index in [0.29, 0.717) is 12.1 Å². The van der Waals surface area contributed by atoms with Crippen LogP contribution in [0.2, 0.25) is 0 Å². The Morgan fingerprint density at radius 3 is 2.38 bits per heavy atom. The zero-order valence-corrected chi connectivity index (χ0v) is 4.70. The fourth-order valence-electron chi connectivity index (χ4n) is 0.736. The predicted octanol–water partition coefficient (Wildman–Crippen LogP) is 1.41. The molecule has 0 bridgehead atoms. The van der Waals surface area contributed by atoms with Crippen molar-refractivity contribution in [2.75, 3.05) is 0 Å². The summed E-state index contributed by atoms with van der Waals surface area (Å²) >= 11 is 0. The van der Waals surface area contributed by atoms with Crippen LogP contribution in [0.15, 0.2) is 0 Å². The molecule has 0 unspecified atom stereocenters. The van der Waals surface area contributed by atoms with E-state index in [9.17, 15) is 0 Å². The molecule has 0 atom stereocenters. The van der Waals surface area contributed by atoms with E-state index in [1.165, 1.54) is 0 Å². The molecule has 2 nitrogen and oxygen atoms in total. The van der Waals surface area contributed by atoms with Gasteiger partial charge in [-0.25, -0.2) is 0 Å². The fourth-order valence-corrected chi connectivity index (χ4v) is 0.736. The second kappa shape index (κ2) is 2.07. The molecular formula is C6H9N2. The minimum absolute atomic E-state index is 0.695. The van der Waals surface area contributed by atoms with Gasteiger partial charge in [-0.3, -0.25) is 0 Å². The highest BCUT2D eigenvalue weighted by Gasteiger charge is 2.08. The molecule has 1 saturated carbocycles. The van der Waals surface area contributed by atoms with Gasteiger partial charge in [-0.2, -0.15) is 0 Å². The van der Waals surface area contributed by atoms with Crippen molar-refractivity contribution >= 4 is 11.4 Å². The minimum atomic E-state index is 0.695. The Bertz CT molecular complexity index is 98.5. The van der Waals surface area contributed by atoms with Crippen LogP contribution in [0.4, 0.5) is 0 Å². The lowest BCUT2D eigenvalue weighted by atomic mass is 9.97. The molecule has 1 radical (unpaired) electrons. The molecule has 0 heterocycles. The van der Waals surface area contributed by atoms with Crippen molar-refractivity contribution in [1.29, 1.82) is 10.8 Å². The van der Waals surface area contributed by atoms with Gasteiger partial charge in [0.2, 0.25) is 0 Å². The molecule has 2 N–H and O–H groups in total. The van der Waals surface area contributed by atoms with Crippen molar-refractivity contribution in [2.45, 2.75) is 19.3 Å². The van der Waals surface area contributed by atoms with E-state index in [1.54, 1.807) is 0 Å². The summed E-state index contributed by atoms with van der Waals surface area (Å²) in [5, 5.41) is 14.3. The third-order valence-corrected chi connectivity index (χ3v) is 1.29. The molecular weight excluding hydrogens is 100 g/mol. The molecule has 1 rings (SSSR count). The van der Waals surface area contributed by atoms with Crippen molar-refractivity contribution in [3.63, 3.8) is 0 Å². The Kier molecular flexibility index (Phi) is 1.42. The molecule has 1 aliphatic carbocycles. The number of hydrogen-bond donors (Lipinski definition) is 2. The summed E-state index contributed by atoms with van der Waals surface area (Å²) in [6.45, 7) is 0. The third kappa shape index (κ3) is 1.15. The van der Waals surface area contributed by atoms with Gasteiger partial charge >= 0.3 is 0 Å². The lowest BCUT2D eigenvalue weighted by Crippen LogP contribution is -2.11. The van der Waals surface area contributed by atoms with Gasteiger partial charge in [0.05, 0.1) is 0 Å². The van der Waals surface area contributed by atoms with E-state index < -0.39 is 0 Å². The minimum Gasteiger partial charge on any atom is -0.310 e. The highest BCUT2D eigenvalue weighted by Crippen LogP contribution is 2.08. The van der Waals surface area contributed by atoms with Crippen LogP contribution >= 0.6 is 0 Å². The molecule has 43 valence electrons. The van der Waals surface area contributed by atoms with Crippen LogP contribution < -0.4 is 0 Å². The number of rotatable bonds is 0. The SMILES string of the molecule is N=C1[CH]CC(=N)CC1. The highest BCUT2D eigenvalue weighted by molar-refractivity contribution is 6.01. The normalized spacial score (nSPS) is 21.5. The summed E-state index contributed by atoms with van der Waals surface area (Å²) in [5.74, 6) is 0. The second-order valence-corrected chi connectivity index (χ2v) is 2.04. The van der Waals surface area contributed by atoms with Crippen LogP contribution in [-0.2, 0) is 0 Å². The first-order valence-corrected chi connectivity index (χ1v) is 2.76. The molecule has 0 aromatic rings. The Labute approximate surface area is 48.9 Å². The largest absolute Gasteiger partial charge is 0.310 e. The monoisotopic (exact) mass is 109 g/mol. The average molecular weight is 109 g/mol. The maximum atomic E-state index is 7.15. The molecule has 2 heteroatoms. The van der Waals surface area contributed by atoms with Crippen LogP contribution in [0, 0.1) is 17.2 Å². The fraction of sp³-hybridized carbons (Fsp3) is 0.500. The lowest BCUT2D eigenvalue weighted by molar-refractivity contribution is 1.02. The Hall–Kier alpha value is -0.660. The summed E-state index contributed by atoms with van der Waals surface area (Å²) in [4.78, 5) is 0. The third-order valence-electron chi connectivity index (χ3n) is 1.29. The van der Waals surface area contributed by atoms with E-state index >= 15 is 0 Å². The first-order valence-electron chi connectivity index (χ1n) is 2.76. The molecule has 0 saturated heterocycles. The van der Waals surface area contributed by atoms with E-state index in [1.807, 2.05) is 6.42 Å². The van der Waals surface area contributed by atoms with Gasteiger partial charge in [-0.05, 0) is 19.3 Å².